The lowest BCUT2D eigenvalue weighted by Gasteiger charge is -2.07. The van der Waals surface area contributed by atoms with Crippen LogP contribution in [0.1, 0.15) is 78.1 Å². The molecule has 6 heteroatoms. The van der Waals surface area contributed by atoms with E-state index in [9.17, 15) is 4.79 Å². The van der Waals surface area contributed by atoms with E-state index in [0.29, 0.717) is 30.4 Å². The molecular weight excluding hydrogens is 404 g/mol. The highest BCUT2D eigenvalue weighted by atomic mass is 16.5. The fraction of sp³-hybridized carbons (Fsp3) is 0.577. The van der Waals surface area contributed by atoms with E-state index in [4.69, 9.17) is 14.2 Å². The molecule has 0 bridgehead atoms. The molecule has 0 saturated carbocycles. The molecule has 0 fully saturated rings. The predicted octanol–water partition coefficient (Wildman–Crippen LogP) is 6.39. The lowest BCUT2D eigenvalue weighted by molar-refractivity contribution is -0.134. The summed E-state index contributed by atoms with van der Waals surface area (Å²) in [6, 6.07) is 7.28. The van der Waals surface area contributed by atoms with Crippen LogP contribution in [0.5, 0.6) is 11.5 Å². The van der Waals surface area contributed by atoms with E-state index in [1.807, 2.05) is 12.1 Å². The SMILES string of the molecule is CCCCCCCCC(=O)Oc1ccc(-c2ncc(OCCCCOCCC)cn2)cc1. The minimum Gasteiger partial charge on any atom is -0.490 e. The van der Waals surface area contributed by atoms with Crippen molar-refractivity contribution in [1.82, 2.24) is 9.97 Å². The molecule has 0 amide bonds. The Bertz CT molecular complexity index is 747. The molecule has 32 heavy (non-hydrogen) atoms. The molecule has 0 N–H and O–H groups in total. The van der Waals surface area contributed by atoms with Gasteiger partial charge in [0.2, 0.25) is 0 Å². The predicted molar refractivity (Wildman–Crippen MR) is 127 cm³/mol. The topological polar surface area (TPSA) is 70.5 Å². The maximum atomic E-state index is 12.0. The molecule has 0 aliphatic carbocycles. The van der Waals surface area contributed by atoms with Gasteiger partial charge in [-0.1, -0.05) is 46.0 Å². The van der Waals surface area contributed by atoms with Crippen LogP contribution in [0.4, 0.5) is 0 Å². The maximum Gasteiger partial charge on any atom is 0.311 e. The fourth-order valence-corrected chi connectivity index (χ4v) is 3.19. The average Bonchev–Trinajstić information content (AvgIpc) is 2.82. The van der Waals surface area contributed by atoms with E-state index in [1.165, 1.54) is 25.7 Å². The molecule has 1 aromatic heterocycles. The number of rotatable bonds is 17. The molecule has 6 nitrogen and oxygen atoms in total. The zero-order chi connectivity index (χ0) is 22.9. The number of carbonyl (C=O) groups is 1. The van der Waals surface area contributed by atoms with Crippen molar-refractivity contribution >= 4 is 5.97 Å². The molecule has 2 rings (SSSR count). The number of hydrogen-bond acceptors (Lipinski definition) is 6. The quantitative estimate of drug-likeness (QED) is 0.161. The van der Waals surface area contributed by atoms with Gasteiger partial charge >= 0.3 is 5.97 Å². The second-order valence-electron chi connectivity index (χ2n) is 7.93. The number of aromatic nitrogens is 2. The van der Waals surface area contributed by atoms with Gasteiger partial charge in [0.05, 0.1) is 19.0 Å². The number of unbranched alkanes of at least 4 members (excludes halogenated alkanes) is 6. The molecule has 0 atom stereocenters. The first kappa shape index (κ1) is 25.8. The Morgan fingerprint density at radius 3 is 2.16 bits per heavy atom. The van der Waals surface area contributed by atoms with Gasteiger partial charge in [-0.2, -0.15) is 0 Å². The van der Waals surface area contributed by atoms with Gasteiger partial charge in [-0.3, -0.25) is 4.79 Å². The summed E-state index contributed by atoms with van der Waals surface area (Å²) in [7, 11) is 0. The largest absolute Gasteiger partial charge is 0.490 e. The van der Waals surface area contributed by atoms with Crippen LogP contribution in [0.15, 0.2) is 36.7 Å². The third kappa shape index (κ3) is 10.7. The first-order chi connectivity index (χ1) is 15.7. The number of ether oxygens (including phenoxy) is 3. The van der Waals surface area contributed by atoms with Crippen LogP contribution in [-0.4, -0.2) is 35.8 Å². The molecule has 1 aromatic carbocycles. The Hall–Kier alpha value is -2.47. The van der Waals surface area contributed by atoms with Crippen molar-refractivity contribution in [2.45, 2.75) is 78.1 Å². The highest BCUT2D eigenvalue weighted by Crippen LogP contribution is 2.21. The molecule has 176 valence electrons. The van der Waals surface area contributed by atoms with Crippen LogP contribution in [-0.2, 0) is 9.53 Å². The monoisotopic (exact) mass is 442 g/mol. The second-order valence-corrected chi connectivity index (χ2v) is 7.93. The van der Waals surface area contributed by atoms with Crippen molar-refractivity contribution in [2.75, 3.05) is 19.8 Å². The minimum atomic E-state index is -0.178. The molecule has 0 radical (unpaired) electrons. The van der Waals surface area contributed by atoms with Crippen molar-refractivity contribution in [2.24, 2.45) is 0 Å². The standard InChI is InChI=1S/C26H38N2O4/c1-3-5-6-7-8-9-12-25(29)32-23-15-13-22(14-16-23)26-27-20-24(21-28-26)31-19-11-10-18-30-17-4-2/h13-16,20-21H,3-12,17-19H2,1-2H3. The number of nitrogens with zero attached hydrogens (tertiary/aromatic N) is 2. The van der Waals surface area contributed by atoms with Gasteiger partial charge in [0.15, 0.2) is 11.6 Å². The lowest BCUT2D eigenvalue weighted by Crippen LogP contribution is -2.07. The van der Waals surface area contributed by atoms with Gasteiger partial charge in [0.25, 0.3) is 0 Å². The van der Waals surface area contributed by atoms with Crippen molar-refractivity contribution in [3.63, 3.8) is 0 Å². The molecule has 0 aliphatic heterocycles. The van der Waals surface area contributed by atoms with Crippen LogP contribution >= 0.6 is 0 Å². The zero-order valence-corrected chi connectivity index (χ0v) is 19.7. The smallest absolute Gasteiger partial charge is 0.311 e. The fourth-order valence-electron chi connectivity index (χ4n) is 3.19. The number of benzene rings is 1. The first-order valence-corrected chi connectivity index (χ1v) is 12.1. The van der Waals surface area contributed by atoms with Crippen molar-refractivity contribution < 1.29 is 19.0 Å². The van der Waals surface area contributed by atoms with E-state index in [-0.39, 0.29) is 5.97 Å². The average molecular weight is 443 g/mol. The van der Waals surface area contributed by atoms with Gasteiger partial charge < -0.3 is 14.2 Å². The van der Waals surface area contributed by atoms with E-state index in [0.717, 1.165) is 50.9 Å². The van der Waals surface area contributed by atoms with Gasteiger partial charge in [0.1, 0.15) is 5.75 Å². The summed E-state index contributed by atoms with van der Waals surface area (Å²) in [5.74, 6) is 1.63. The van der Waals surface area contributed by atoms with E-state index >= 15 is 0 Å². The Balaban J connectivity index is 1.69. The third-order valence-electron chi connectivity index (χ3n) is 5.01. The van der Waals surface area contributed by atoms with E-state index in [2.05, 4.69) is 23.8 Å². The Kier molecular flexibility index (Phi) is 13.1. The molecular formula is C26H38N2O4. The molecule has 1 heterocycles. The Labute approximate surface area is 192 Å². The van der Waals surface area contributed by atoms with Crippen molar-refractivity contribution in [1.29, 1.82) is 0 Å². The van der Waals surface area contributed by atoms with Gasteiger partial charge in [0, 0.05) is 25.2 Å². The van der Waals surface area contributed by atoms with Crippen LogP contribution in [0, 0.1) is 0 Å². The summed E-state index contributed by atoms with van der Waals surface area (Å²) >= 11 is 0. The van der Waals surface area contributed by atoms with Crippen molar-refractivity contribution in [3.8, 4) is 22.9 Å². The minimum absolute atomic E-state index is 0.178. The molecule has 0 aliphatic rings. The summed E-state index contributed by atoms with van der Waals surface area (Å²) in [4.78, 5) is 20.8. The molecule has 2 aromatic rings. The van der Waals surface area contributed by atoms with Gasteiger partial charge in [-0.15, -0.1) is 0 Å². The van der Waals surface area contributed by atoms with E-state index < -0.39 is 0 Å². The summed E-state index contributed by atoms with van der Waals surface area (Å²) in [5, 5.41) is 0. The number of esters is 1. The normalized spacial score (nSPS) is 10.8. The summed E-state index contributed by atoms with van der Waals surface area (Å²) in [6.45, 7) is 6.52. The highest BCUT2D eigenvalue weighted by Gasteiger charge is 2.07. The molecule has 0 saturated heterocycles. The zero-order valence-electron chi connectivity index (χ0n) is 19.7. The van der Waals surface area contributed by atoms with Crippen molar-refractivity contribution in [3.05, 3.63) is 36.7 Å². The second kappa shape index (κ2) is 16.2. The van der Waals surface area contributed by atoms with Gasteiger partial charge in [-0.25, -0.2) is 9.97 Å². The highest BCUT2D eigenvalue weighted by molar-refractivity contribution is 5.72. The summed E-state index contributed by atoms with van der Waals surface area (Å²) < 4.78 is 16.6. The molecule has 0 spiro atoms. The number of carbonyl (C=O) groups excluding carboxylic acids is 1. The number of hydrogen-bond donors (Lipinski definition) is 0. The lowest BCUT2D eigenvalue weighted by atomic mass is 10.1. The van der Waals surface area contributed by atoms with E-state index in [1.54, 1.807) is 24.5 Å². The summed E-state index contributed by atoms with van der Waals surface area (Å²) in [6.07, 6.45) is 13.7. The third-order valence-corrected chi connectivity index (χ3v) is 5.01. The van der Waals surface area contributed by atoms with Crippen LogP contribution in [0.3, 0.4) is 0 Å². The van der Waals surface area contributed by atoms with Gasteiger partial charge in [-0.05, 0) is 49.9 Å². The van der Waals surface area contributed by atoms with Crippen LogP contribution in [0.25, 0.3) is 11.4 Å². The van der Waals surface area contributed by atoms with Crippen LogP contribution in [0.2, 0.25) is 0 Å². The maximum absolute atomic E-state index is 12.0. The first-order valence-electron chi connectivity index (χ1n) is 12.1. The Morgan fingerprint density at radius 2 is 1.44 bits per heavy atom. The Morgan fingerprint density at radius 1 is 0.750 bits per heavy atom. The molecule has 0 unspecified atom stereocenters. The van der Waals surface area contributed by atoms with Crippen LogP contribution < -0.4 is 9.47 Å². The summed E-state index contributed by atoms with van der Waals surface area (Å²) in [5.41, 5.74) is 0.861.